The third-order valence-corrected chi connectivity index (χ3v) is 9.31. The van der Waals surface area contributed by atoms with Gasteiger partial charge in [-0.25, -0.2) is 4.79 Å². The molecule has 0 radical (unpaired) electrons. The highest BCUT2D eigenvalue weighted by Gasteiger charge is 2.33. The van der Waals surface area contributed by atoms with Crippen LogP contribution in [0.3, 0.4) is 0 Å². The fourth-order valence-electron chi connectivity index (χ4n) is 6.29. The molecule has 0 unspecified atom stereocenters. The Morgan fingerprint density at radius 2 is 1.32 bits per heavy atom. The molecule has 1 aliphatic heterocycles. The summed E-state index contributed by atoms with van der Waals surface area (Å²) in [5, 5.41) is 28.3. The van der Waals surface area contributed by atoms with Crippen molar-refractivity contribution in [3.8, 4) is 11.5 Å². The minimum atomic E-state index is -1.25. The van der Waals surface area contributed by atoms with E-state index in [9.17, 15) is 34.5 Å². The van der Waals surface area contributed by atoms with E-state index in [4.69, 9.17) is 9.47 Å². The number of allylic oxidation sites excluding steroid dienone is 6. The fraction of sp³-hybridized carbons (Fsp3) is 0.463. The van der Waals surface area contributed by atoms with Gasteiger partial charge in [-0.3, -0.25) is 14.4 Å². The molecule has 9 heteroatoms. The summed E-state index contributed by atoms with van der Waals surface area (Å²) in [5.41, 5.74) is 6.42. The van der Waals surface area contributed by atoms with Gasteiger partial charge in [-0.1, -0.05) is 34.9 Å². The van der Waals surface area contributed by atoms with Gasteiger partial charge >= 0.3 is 23.9 Å². The summed E-state index contributed by atoms with van der Waals surface area (Å²) in [7, 11) is 0. The van der Waals surface area contributed by atoms with Crippen LogP contribution in [-0.2, 0) is 40.1 Å². The zero-order valence-electron chi connectivity index (χ0n) is 30.5. The minimum absolute atomic E-state index is 0.0549. The van der Waals surface area contributed by atoms with Crippen LogP contribution < -0.4 is 9.47 Å². The number of carboxylic acid groups (broad SMARTS) is 3. The third-order valence-electron chi connectivity index (χ3n) is 9.31. The quantitative estimate of drug-likeness (QED) is 0.0843. The molecule has 2 aromatic carbocycles. The highest BCUT2D eigenvalue weighted by Crippen LogP contribution is 2.42. The van der Waals surface area contributed by atoms with Crippen molar-refractivity contribution in [2.75, 3.05) is 0 Å². The van der Waals surface area contributed by atoms with Gasteiger partial charge in [-0.2, -0.15) is 0 Å². The number of carbonyl (C=O) groups excluding carboxylic acids is 1. The van der Waals surface area contributed by atoms with Crippen molar-refractivity contribution in [2.24, 2.45) is 0 Å². The second kappa shape index (κ2) is 17.8. The maximum Gasteiger partial charge on any atom is 0.343 e. The van der Waals surface area contributed by atoms with E-state index in [1.807, 2.05) is 13.8 Å². The number of aryl methyl sites for hydroxylation is 1. The molecule has 1 aliphatic rings. The molecule has 0 saturated carbocycles. The Morgan fingerprint density at radius 1 is 0.780 bits per heavy atom. The van der Waals surface area contributed by atoms with Crippen molar-refractivity contribution in [1.82, 2.24) is 0 Å². The van der Waals surface area contributed by atoms with E-state index in [-0.39, 0.29) is 27.9 Å². The SMILES string of the molecule is CC(C)=CCC/C(C)=C/CC/C(C)=C/CC[C@]1(C)CCc2cc(OC(=O)c3cc(CC(=O)O)c(CC(=O)O)c(CC(=O)O)c3)c(C)c(C)c2O1. The molecule has 0 spiro atoms. The molecule has 0 aliphatic carbocycles. The van der Waals surface area contributed by atoms with E-state index in [2.05, 4.69) is 52.8 Å². The summed E-state index contributed by atoms with van der Waals surface area (Å²) in [6.07, 6.45) is 12.8. The van der Waals surface area contributed by atoms with Crippen LogP contribution in [0, 0.1) is 13.8 Å². The lowest BCUT2D eigenvalue weighted by atomic mass is 9.86. The molecule has 9 nitrogen and oxygen atoms in total. The topological polar surface area (TPSA) is 147 Å². The lowest BCUT2D eigenvalue weighted by Gasteiger charge is -2.37. The van der Waals surface area contributed by atoms with Crippen molar-refractivity contribution in [2.45, 2.75) is 125 Å². The van der Waals surface area contributed by atoms with Crippen LogP contribution in [-0.4, -0.2) is 44.8 Å². The van der Waals surface area contributed by atoms with Gasteiger partial charge in [-0.15, -0.1) is 0 Å². The number of ether oxygens (including phenoxy) is 2. The number of rotatable bonds is 17. The van der Waals surface area contributed by atoms with E-state index in [1.165, 1.54) is 28.9 Å². The van der Waals surface area contributed by atoms with Crippen molar-refractivity contribution in [3.05, 3.63) is 92.1 Å². The number of hydrogen-bond acceptors (Lipinski definition) is 6. The first-order valence-corrected chi connectivity index (χ1v) is 17.3. The number of carboxylic acids is 3. The fourth-order valence-corrected chi connectivity index (χ4v) is 6.29. The first-order chi connectivity index (χ1) is 23.5. The zero-order chi connectivity index (χ0) is 37.2. The van der Waals surface area contributed by atoms with E-state index in [0.29, 0.717) is 11.3 Å². The Balaban J connectivity index is 1.73. The van der Waals surface area contributed by atoms with Crippen molar-refractivity contribution in [3.63, 3.8) is 0 Å². The Bertz CT molecular complexity index is 1670. The minimum Gasteiger partial charge on any atom is -0.487 e. The summed E-state index contributed by atoms with van der Waals surface area (Å²) in [6.45, 7) is 14.5. The first kappa shape index (κ1) is 39.8. The van der Waals surface area contributed by atoms with Crippen LogP contribution in [0.1, 0.15) is 123 Å². The molecule has 0 bridgehead atoms. The van der Waals surface area contributed by atoms with E-state index in [1.54, 1.807) is 6.07 Å². The molecule has 0 aromatic heterocycles. The highest BCUT2D eigenvalue weighted by atomic mass is 16.5. The van der Waals surface area contributed by atoms with Crippen LogP contribution in [0.15, 0.2) is 53.1 Å². The van der Waals surface area contributed by atoms with E-state index < -0.39 is 43.1 Å². The Kier molecular flexibility index (Phi) is 14.2. The number of benzene rings is 2. The summed E-state index contributed by atoms with van der Waals surface area (Å²) >= 11 is 0. The monoisotopic (exact) mass is 688 g/mol. The molecule has 2 aromatic rings. The first-order valence-electron chi connectivity index (χ1n) is 17.3. The van der Waals surface area contributed by atoms with Gasteiger partial charge in [-0.05, 0) is 151 Å². The number of fused-ring (bicyclic) bond motifs is 1. The molecule has 3 N–H and O–H groups in total. The largest absolute Gasteiger partial charge is 0.487 e. The van der Waals surface area contributed by atoms with E-state index in [0.717, 1.165) is 68.2 Å². The molecule has 0 saturated heterocycles. The van der Waals surface area contributed by atoms with Gasteiger partial charge < -0.3 is 24.8 Å². The van der Waals surface area contributed by atoms with E-state index >= 15 is 0 Å². The van der Waals surface area contributed by atoms with Crippen LogP contribution in [0.2, 0.25) is 0 Å². The summed E-state index contributed by atoms with van der Waals surface area (Å²) in [4.78, 5) is 48.1. The normalized spacial score (nSPS) is 15.9. The lowest BCUT2D eigenvalue weighted by molar-refractivity contribution is -0.137. The van der Waals surface area contributed by atoms with Crippen LogP contribution >= 0.6 is 0 Å². The molecule has 50 heavy (non-hydrogen) atoms. The number of carbonyl (C=O) groups is 4. The maximum absolute atomic E-state index is 13.4. The smallest absolute Gasteiger partial charge is 0.343 e. The number of aliphatic carboxylic acids is 3. The molecular formula is C41H52O9. The standard InChI is InChI=1S/C41H52O9/c1-25(2)11-8-12-26(3)13-9-14-27(4)15-10-17-41(7)18-16-30-21-35(28(5)29(6)39(30)50-41)49-40(48)33-19-31(22-36(42)43)34(24-38(46)47)32(20-33)23-37(44)45/h11,13,15,19-21H,8-10,12,14,16-18,22-24H2,1-7H3,(H,42,43)(H,44,45)(H,46,47)/b26-13+,27-15+/t41-/m1/s1. The molecule has 0 fully saturated rings. The maximum atomic E-state index is 13.4. The molecule has 1 atom stereocenters. The predicted molar refractivity (Wildman–Crippen MR) is 193 cm³/mol. The molecule has 270 valence electrons. The predicted octanol–water partition coefficient (Wildman–Crippen LogP) is 8.69. The van der Waals surface area contributed by atoms with Gasteiger partial charge in [0.05, 0.1) is 24.8 Å². The van der Waals surface area contributed by atoms with Gasteiger partial charge in [0.15, 0.2) is 0 Å². The summed E-state index contributed by atoms with van der Waals surface area (Å²) in [6, 6.07) is 4.34. The average Bonchev–Trinajstić information content (AvgIpc) is 3.00. The summed E-state index contributed by atoms with van der Waals surface area (Å²) in [5.74, 6) is -3.42. The van der Waals surface area contributed by atoms with Crippen LogP contribution in [0.4, 0.5) is 0 Å². The average molecular weight is 689 g/mol. The van der Waals surface area contributed by atoms with Crippen molar-refractivity contribution >= 4 is 23.9 Å². The molecule has 1 heterocycles. The van der Waals surface area contributed by atoms with Crippen LogP contribution in [0.5, 0.6) is 11.5 Å². The third kappa shape index (κ3) is 11.7. The number of hydrogen-bond donors (Lipinski definition) is 3. The van der Waals surface area contributed by atoms with Gasteiger partial charge in [0.1, 0.15) is 17.1 Å². The molecule has 3 rings (SSSR count). The molecular weight excluding hydrogens is 636 g/mol. The Morgan fingerprint density at radius 3 is 1.86 bits per heavy atom. The van der Waals surface area contributed by atoms with Gasteiger partial charge in [0.25, 0.3) is 0 Å². The Labute approximate surface area is 295 Å². The van der Waals surface area contributed by atoms with Crippen molar-refractivity contribution in [1.29, 1.82) is 0 Å². The second-order valence-electron chi connectivity index (χ2n) is 14.0. The zero-order valence-corrected chi connectivity index (χ0v) is 30.5. The number of esters is 1. The Hall–Kier alpha value is -4.66. The van der Waals surface area contributed by atoms with Gasteiger partial charge in [0.2, 0.25) is 0 Å². The van der Waals surface area contributed by atoms with Crippen molar-refractivity contribution < 1.29 is 44.0 Å². The molecule has 0 amide bonds. The highest BCUT2D eigenvalue weighted by molar-refractivity contribution is 5.93. The van der Waals surface area contributed by atoms with Gasteiger partial charge in [0, 0.05) is 0 Å². The van der Waals surface area contributed by atoms with Crippen LogP contribution in [0.25, 0.3) is 0 Å². The summed E-state index contributed by atoms with van der Waals surface area (Å²) < 4.78 is 12.4. The lowest BCUT2D eigenvalue weighted by Crippen LogP contribution is -2.36. The second-order valence-corrected chi connectivity index (χ2v) is 14.0.